The van der Waals surface area contributed by atoms with Crippen LogP contribution in [0.3, 0.4) is 0 Å². The number of nitrogens with one attached hydrogen (secondary N) is 1. The van der Waals surface area contributed by atoms with Gasteiger partial charge in [0.15, 0.2) is 5.95 Å². The van der Waals surface area contributed by atoms with Crippen LogP contribution in [0.25, 0.3) is 10.9 Å². The van der Waals surface area contributed by atoms with E-state index in [0.717, 1.165) is 48.9 Å². The van der Waals surface area contributed by atoms with E-state index >= 15 is 0 Å². The highest BCUT2D eigenvalue weighted by Crippen LogP contribution is 2.27. The molecule has 6 nitrogen and oxygen atoms in total. The summed E-state index contributed by atoms with van der Waals surface area (Å²) < 4.78 is 42.1. The molecule has 216 valence electrons. The first-order chi connectivity index (χ1) is 19.3. The van der Waals surface area contributed by atoms with E-state index in [9.17, 15) is 12.8 Å². The molecule has 1 aliphatic heterocycles. The highest BCUT2D eigenvalue weighted by Gasteiger charge is 2.22. The maximum Gasteiger partial charge on any atom is 0.268 e. The van der Waals surface area contributed by atoms with Gasteiger partial charge in [0.05, 0.1) is 10.4 Å². The minimum absolute atomic E-state index is 0.268. The van der Waals surface area contributed by atoms with Crippen LogP contribution < -0.4 is 5.32 Å². The number of benzene rings is 2. The lowest BCUT2D eigenvalue weighted by atomic mass is 10.1. The molecule has 1 N–H and O–H groups in total. The molecule has 8 heteroatoms. The number of fused-ring (bicyclic) bond motifs is 1. The topological polar surface area (TPSA) is 57.6 Å². The van der Waals surface area contributed by atoms with Crippen molar-refractivity contribution in [2.24, 2.45) is 0 Å². The summed E-state index contributed by atoms with van der Waals surface area (Å²) in [7, 11) is -1.51. The minimum Gasteiger partial charge on any atom is -0.358 e. The molecule has 2 aromatic carbocycles. The summed E-state index contributed by atoms with van der Waals surface area (Å²) in [6, 6.07) is 16.9. The normalized spacial score (nSPS) is 14.8. The molecule has 4 rings (SSSR count). The number of hydrogen-bond acceptors (Lipinski definition) is 5. The van der Waals surface area contributed by atoms with Crippen LogP contribution in [0.15, 0.2) is 89.4 Å². The third-order valence-electron chi connectivity index (χ3n) is 7.78. The molecule has 1 aliphatic rings. The number of dihydropyridines is 1. The maximum absolute atomic E-state index is 13.6. The van der Waals surface area contributed by atoms with Crippen molar-refractivity contribution in [3.05, 3.63) is 90.0 Å². The summed E-state index contributed by atoms with van der Waals surface area (Å²) in [5.41, 5.74) is 2.74. The number of nitrogens with zero attached hydrogens (tertiary/aromatic N) is 3. The maximum atomic E-state index is 13.6. The molecule has 0 bridgehead atoms. The number of para-hydroxylation sites is 1. The fraction of sp³-hybridized carbons (Fsp3) is 0.438. The van der Waals surface area contributed by atoms with E-state index in [4.69, 9.17) is 0 Å². The molecule has 0 amide bonds. The molecule has 0 radical (unpaired) electrons. The third kappa shape index (κ3) is 7.42. The summed E-state index contributed by atoms with van der Waals surface area (Å²) in [5, 5.41) is 3.72. The molecule has 2 heterocycles. The molecule has 1 aromatic heterocycles. The van der Waals surface area contributed by atoms with Crippen LogP contribution in [-0.2, 0) is 16.6 Å². The van der Waals surface area contributed by atoms with E-state index in [1.807, 2.05) is 36.4 Å². The molecular weight excluding hydrogens is 523 g/mol. The SMILES string of the molecule is CCCC(CC)N(C)CCCCN(CC1=CC=C(F)NC1)Cc1cn(S(=O)(=O)c2ccccc2)c2ccccc12. The zero-order valence-corrected chi connectivity index (χ0v) is 24.8. The molecule has 0 aliphatic carbocycles. The second kappa shape index (κ2) is 14.1. The zero-order valence-electron chi connectivity index (χ0n) is 24.0. The van der Waals surface area contributed by atoms with Crippen molar-refractivity contribution in [2.75, 3.05) is 33.2 Å². The van der Waals surface area contributed by atoms with E-state index in [2.05, 4.69) is 36.0 Å². The van der Waals surface area contributed by atoms with Gasteiger partial charge in [0.25, 0.3) is 10.0 Å². The van der Waals surface area contributed by atoms with Gasteiger partial charge < -0.3 is 10.2 Å². The van der Waals surface area contributed by atoms with Crippen LogP contribution in [-0.4, -0.2) is 61.5 Å². The Kier molecular flexibility index (Phi) is 10.6. The van der Waals surface area contributed by atoms with Crippen molar-refractivity contribution in [3.8, 4) is 0 Å². The lowest BCUT2D eigenvalue weighted by Gasteiger charge is -2.28. The lowest BCUT2D eigenvalue weighted by molar-refractivity contribution is 0.210. The van der Waals surface area contributed by atoms with Crippen molar-refractivity contribution < 1.29 is 12.8 Å². The monoisotopic (exact) mass is 566 g/mol. The van der Waals surface area contributed by atoms with Crippen LogP contribution in [0.4, 0.5) is 4.39 Å². The van der Waals surface area contributed by atoms with Crippen LogP contribution in [0.2, 0.25) is 0 Å². The zero-order chi connectivity index (χ0) is 28.5. The molecule has 3 aromatic rings. The Balaban J connectivity index is 1.55. The summed E-state index contributed by atoms with van der Waals surface area (Å²) >= 11 is 0. The van der Waals surface area contributed by atoms with Crippen LogP contribution in [0.1, 0.15) is 51.5 Å². The van der Waals surface area contributed by atoms with Gasteiger partial charge in [-0.1, -0.05) is 62.7 Å². The molecule has 0 spiro atoms. The van der Waals surface area contributed by atoms with E-state index in [-0.39, 0.29) is 10.8 Å². The van der Waals surface area contributed by atoms with Gasteiger partial charge in [-0.2, -0.15) is 4.39 Å². The largest absolute Gasteiger partial charge is 0.358 e. The summed E-state index contributed by atoms with van der Waals surface area (Å²) in [6.07, 6.45) is 10.8. The number of aromatic nitrogens is 1. The predicted molar refractivity (Wildman–Crippen MR) is 162 cm³/mol. The quantitative estimate of drug-likeness (QED) is 0.173. The lowest BCUT2D eigenvalue weighted by Crippen LogP contribution is -2.33. The molecule has 1 unspecified atom stereocenters. The summed E-state index contributed by atoms with van der Waals surface area (Å²) in [5.74, 6) is -0.315. The molecule has 0 fully saturated rings. The average Bonchev–Trinajstić information content (AvgIpc) is 3.34. The van der Waals surface area contributed by atoms with Gasteiger partial charge >= 0.3 is 0 Å². The van der Waals surface area contributed by atoms with Gasteiger partial charge in [0, 0.05) is 37.3 Å². The van der Waals surface area contributed by atoms with Crippen LogP contribution in [0.5, 0.6) is 0 Å². The standard InChI is InChI=1S/C32H43FN4O2S/c1-4-13-28(5-2)35(3)20-11-12-21-36(23-26-18-19-32(33)34-22-26)24-27-25-37(31-17-10-9-16-30(27)31)40(38,39)29-14-7-6-8-15-29/h6-10,14-19,25,28,34H,4-5,11-13,20-24H2,1-3H3. The first-order valence-corrected chi connectivity index (χ1v) is 15.9. The predicted octanol–water partition coefficient (Wildman–Crippen LogP) is 6.31. The van der Waals surface area contributed by atoms with Crippen molar-refractivity contribution in [1.29, 1.82) is 0 Å². The number of hydrogen-bond donors (Lipinski definition) is 1. The molecule has 0 saturated heterocycles. The molecule has 1 atom stereocenters. The first kappa shape index (κ1) is 30.0. The Bertz CT molecular complexity index is 1420. The van der Waals surface area contributed by atoms with Crippen molar-refractivity contribution in [1.82, 2.24) is 19.1 Å². The highest BCUT2D eigenvalue weighted by atomic mass is 32.2. The second-order valence-corrected chi connectivity index (χ2v) is 12.5. The van der Waals surface area contributed by atoms with Gasteiger partial charge in [-0.05, 0) is 81.2 Å². The van der Waals surface area contributed by atoms with Crippen molar-refractivity contribution >= 4 is 20.9 Å². The fourth-order valence-electron chi connectivity index (χ4n) is 5.56. The smallest absolute Gasteiger partial charge is 0.268 e. The summed E-state index contributed by atoms with van der Waals surface area (Å²) in [6.45, 7) is 8.19. The van der Waals surface area contributed by atoms with Gasteiger partial charge in [0.1, 0.15) is 0 Å². The Morgan fingerprint density at radius 2 is 1.70 bits per heavy atom. The van der Waals surface area contributed by atoms with Crippen LogP contribution in [0, 0.1) is 0 Å². The Labute approximate surface area is 239 Å². The number of allylic oxidation sites excluding steroid dienone is 2. The van der Waals surface area contributed by atoms with E-state index in [1.54, 1.807) is 30.5 Å². The molecule has 0 saturated carbocycles. The number of rotatable bonds is 15. The van der Waals surface area contributed by atoms with Crippen molar-refractivity contribution in [3.63, 3.8) is 0 Å². The molecule has 40 heavy (non-hydrogen) atoms. The highest BCUT2D eigenvalue weighted by molar-refractivity contribution is 7.90. The van der Waals surface area contributed by atoms with Gasteiger partial charge in [-0.25, -0.2) is 12.4 Å². The number of halogens is 1. The second-order valence-electron chi connectivity index (χ2n) is 10.7. The average molecular weight is 567 g/mol. The fourth-order valence-corrected chi connectivity index (χ4v) is 6.97. The number of unbranched alkanes of at least 4 members (excludes halogenated alkanes) is 1. The Morgan fingerprint density at radius 1 is 0.975 bits per heavy atom. The van der Waals surface area contributed by atoms with Gasteiger partial charge in [-0.3, -0.25) is 4.90 Å². The minimum atomic E-state index is -3.74. The van der Waals surface area contributed by atoms with E-state index < -0.39 is 10.0 Å². The van der Waals surface area contributed by atoms with Gasteiger partial charge in [0.2, 0.25) is 0 Å². The van der Waals surface area contributed by atoms with Crippen molar-refractivity contribution in [2.45, 2.75) is 63.4 Å². The van der Waals surface area contributed by atoms with E-state index in [1.165, 1.54) is 22.9 Å². The van der Waals surface area contributed by atoms with Crippen LogP contribution >= 0.6 is 0 Å². The summed E-state index contributed by atoms with van der Waals surface area (Å²) in [4.78, 5) is 5.11. The third-order valence-corrected chi connectivity index (χ3v) is 9.47. The first-order valence-electron chi connectivity index (χ1n) is 14.4. The Morgan fingerprint density at radius 3 is 2.40 bits per heavy atom. The van der Waals surface area contributed by atoms with Gasteiger partial charge in [-0.15, -0.1) is 0 Å². The Hall–Kier alpha value is -2.94. The molecular formula is C32H43FN4O2S. The van der Waals surface area contributed by atoms with E-state index in [0.29, 0.717) is 31.2 Å².